The summed E-state index contributed by atoms with van der Waals surface area (Å²) in [5.74, 6) is 1.98. The Balaban J connectivity index is 1.40. The molecule has 1 aromatic rings. The van der Waals surface area contributed by atoms with E-state index >= 15 is 0 Å². The lowest BCUT2D eigenvalue weighted by atomic mass is 10.0. The van der Waals surface area contributed by atoms with Crippen molar-refractivity contribution in [2.45, 2.75) is 57.4 Å². The van der Waals surface area contributed by atoms with Crippen LogP contribution in [0.25, 0.3) is 0 Å². The molecule has 1 nitrogen and oxygen atoms in total. The molecule has 0 saturated heterocycles. The molecule has 0 radical (unpaired) electrons. The maximum absolute atomic E-state index is 3.82. The molecule has 0 bridgehead atoms. The first-order valence-electron chi connectivity index (χ1n) is 7.70. The minimum absolute atomic E-state index is 0.661. The third kappa shape index (κ3) is 3.36. The Hall–Kier alpha value is -0.340. The van der Waals surface area contributed by atoms with Crippen LogP contribution in [0, 0.1) is 11.8 Å². The van der Waals surface area contributed by atoms with E-state index in [1.807, 2.05) is 11.3 Å². The van der Waals surface area contributed by atoms with Gasteiger partial charge in [0.05, 0.1) is 0 Å². The number of rotatable bonds is 7. The highest BCUT2D eigenvalue weighted by Gasteiger charge is 2.32. The molecule has 1 heterocycles. The molecule has 0 aromatic carbocycles. The SMILES string of the molecule is c1csc(C(NCCCC2CCCC2)C2CC2)c1. The van der Waals surface area contributed by atoms with Crippen LogP contribution in [0.4, 0.5) is 0 Å². The highest BCUT2D eigenvalue weighted by molar-refractivity contribution is 7.10. The van der Waals surface area contributed by atoms with E-state index in [4.69, 9.17) is 0 Å². The summed E-state index contributed by atoms with van der Waals surface area (Å²) < 4.78 is 0. The summed E-state index contributed by atoms with van der Waals surface area (Å²) in [4.78, 5) is 1.55. The van der Waals surface area contributed by atoms with E-state index in [2.05, 4.69) is 22.8 Å². The summed E-state index contributed by atoms with van der Waals surface area (Å²) in [7, 11) is 0. The largest absolute Gasteiger partial charge is 0.309 e. The summed E-state index contributed by atoms with van der Waals surface area (Å²) in [6.45, 7) is 1.22. The van der Waals surface area contributed by atoms with E-state index in [0.29, 0.717) is 6.04 Å². The molecule has 18 heavy (non-hydrogen) atoms. The van der Waals surface area contributed by atoms with Crippen molar-refractivity contribution in [1.82, 2.24) is 5.32 Å². The van der Waals surface area contributed by atoms with E-state index in [1.165, 1.54) is 57.9 Å². The Morgan fingerprint density at radius 1 is 1.22 bits per heavy atom. The average molecular weight is 263 g/mol. The Morgan fingerprint density at radius 2 is 2.06 bits per heavy atom. The maximum atomic E-state index is 3.82. The molecule has 2 aliphatic rings. The zero-order valence-electron chi connectivity index (χ0n) is 11.2. The van der Waals surface area contributed by atoms with Crippen molar-refractivity contribution in [3.8, 4) is 0 Å². The minimum Gasteiger partial charge on any atom is -0.309 e. The predicted molar refractivity (Wildman–Crippen MR) is 79.0 cm³/mol. The second kappa shape index (κ2) is 6.21. The zero-order valence-corrected chi connectivity index (χ0v) is 12.1. The molecule has 1 unspecified atom stereocenters. The topological polar surface area (TPSA) is 12.0 Å². The molecule has 2 aliphatic carbocycles. The highest BCUT2D eigenvalue weighted by atomic mass is 32.1. The van der Waals surface area contributed by atoms with Gasteiger partial charge >= 0.3 is 0 Å². The Kier molecular flexibility index (Phi) is 4.37. The second-order valence-corrected chi connectivity index (χ2v) is 7.06. The van der Waals surface area contributed by atoms with Gasteiger partial charge in [0.25, 0.3) is 0 Å². The van der Waals surface area contributed by atoms with Crippen LogP contribution in [0.15, 0.2) is 17.5 Å². The standard InChI is InChI=1S/C16H25NS/c1-2-6-13(5-1)7-3-11-17-16(14-9-10-14)15-8-4-12-18-15/h4,8,12-14,16-17H,1-3,5-7,9-11H2. The molecular formula is C16H25NS. The van der Waals surface area contributed by atoms with Crippen LogP contribution in [-0.2, 0) is 0 Å². The van der Waals surface area contributed by atoms with Gasteiger partial charge in [-0.3, -0.25) is 0 Å². The maximum Gasteiger partial charge on any atom is 0.0443 e. The fourth-order valence-electron chi connectivity index (χ4n) is 3.34. The second-order valence-electron chi connectivity index (χ2n) is 6.08. The van der Waals surface area contributed by atoms with E-state index < -0.39 is 0 Å². The summed E-state index contributed by atoms with van der Waals surface area (Å²) in [6, 6.07) is 5.15. The van der Waals surface area contributed by atoms with Crippen LogP contribution < -0.4 is 5.32 Å². The fourth-order valence-corrected chi connectivity index (χ4v) is 4.24. The number of hydrogen-bond donors (Lipinski definition) is 1. The van der Waals surface area contributed by atoms with E-state index in [1.54, 1.807) is 4.88 Å². The Labute approximate surface area is 115 Å². The third-order valence-electron chi connectivity index (χ3n) is 4.57. The van der Waals surface area contributed by atoms with Gasteiger partial charge in [-0.05, 0) is 55.5 Å². The molecule has 2 saturated carbocycles. The number of hydrogen-bond acceptors (Lipinski definition) is 2. The lowest BCUT2D eigenvalue weighted by molar-refractivity contribution is 0.433. The molecule has 1 atom stereocenters. The van der Waals surface area contributed by atoms with Crippen LogP contribution in [0.2, 0.25) is 0 Å². The molecule has 3 rings (SSSR count). The molecular weight excluding hydrogens is 238 g/mol. The third-order valence-corrected chi connectivity index (χ3v) is 5.53. The van der Waals surface area contributed by atoms with Crippen molar-refractivity contribution in [2.75, 3.05) is 6.54 Å². The number of thiophene rings is 1. The summed E-state index contributed by atoms with van der Waals surface area (Å²) in [5, 5.41) is 6.03. The van der Waals surface area contributed by atoms with Crippen molar-refractivity contribution < 1.29 is 0 Å². The first-order chi connectivity index (χ1) is 8.93. The van der Waals surface area contributed by atoms with Gasteiger partial charge in [-0.15, -0.1) is 11.3 Å². The minimum atomic E-state index is 0.661. The molecule has 2 fully saturated rings. The molecule has 0 aliphatic heterocycles. The lowest BCUT2D eigenvalue weighted by Gasteiger charge is -2.17. The van der Waals surface area contributed by atoms with Crippen molar-refractivity contribution in [3.05, 3.63) is 22.4 Å². The summed E-state index contributed by atoms with van der Waals surface area (Å²) >= 11 is 1.92. The molecule has 0 amide bonds. The first-order valence-corrected chi connectivity index (χ1v) is 8.58. The van der Waals surface area contributed by atoms with Crippen molar-refractivity contribution >= 4 is 11.3 Å². The average Bonchev–Trinajstić information content (AvgIpc) is 2.89. The van der Waals surface area contributed by atoms with Gasteiger partial charge < -0.3 is 5.32 Å². The van der Waals surface area contributed by atoms with Crippen molar-refractivity contribution in [1.29, 1.82) is 0 Å². The molecule has 1 N–H and O–H groups in total. The van der Waals surface area contributed by atoms with Gasteiger partial charge in [-0.1, -0.05) is 31.7 Å². The fraction of sp³-hybridized carbons (Fsp3) is 0.750. The van der Waals surface area contributed by atoms with Crippen LogP contribution in [0.3, 0.4) is 0 Å². The van der Waals surface area contributed by atoms with E-state index in [0.717, 1.165) is 11.8 Å². The van der Waals surface area contributed by atoms with Gasteiger partial charge in [0, 0.05) is 10.9 Å². The number of nitrogens with one attached hydrogen (secondary N) is 1. The van der Waals surface area contributed by atoms with Gasteiger partial charge in [-0.25, -0.2) is 0 Å². The zero-order chi connectivity index (χ0) is 12.2. The van der Waals surface area contributed by atoms with E-state index in [-0.39, 0.29) is 0 Å². The van der Waals surface area contributed by atoms with Gasteiger partial charge in [0.1, 0.15) is 0 Å². The van der Waals surface area contributed by atoms with Crippen LogP contribution in [0.5, 0.6) is 0 Å². The predicted octanol–water partition coefficient (Wildman–Crippen LogP) is 4.76. The van der Waals surface area contributed by atoms with Gasteiger partial charge in [-0.2, -0.15) is 0 Å². The molecule has 0 spiro atoms. The Morgan fingerprint density at radius 3 is 2.72 bits per heavy atom. The van der Waals surface area contributed by atoms with Crippen molar-refractivity contribution in [3.63, 3.8) is 0 Å². The summed E-state index contributed by atoms with van der Waals surface area (Å²) in [6.07, 6.45) is 11.6. The molecule has 2 heteroatoms. The van der Waals surface area contributed by atoms with Crippen LogP contribution in [-0.4, -0.2) is 6.54 Å². The lowest BCUT2D eigenvalue weighted by Crippen LogP contribution is -2.23. The Bertz CT molecular complexity index is 336. The van der Waals surface area contributed by atoms with Crippen LogP contribution >= 0.6 is 11.3 Å². The van der Waals surface area contributed by atoms with E-state index in [9.17, 15) is 0 Å². The van der Waals surface area contributed by atoms with Gasteiger partial charge in [0.2, 0.25) is 0 Å². The molecule has 1 aromatic heterocycles. The monoisotopic (exact) mass is 263 g/mol. The summed E-state index contributed by atoms with van der Waals surface area (Å²) in [5.41, 5.74) is 0. The quantitative estimate of drug-likeness (QED) is 0.699. The normalized spacial score (nSPS) is 22.4. The first kappa shape index (κ1) is 12.7. The van der Waals surface area contributed by atoms with Gasteiger partial charge in [0.15, 0.2) is 0 Å². The van der Waals surface area contributed by atoms with Crippen molar-refractivity contribution in [2.24, 2.45) is 11.8 Å². The highest BCUT2D eigenvalue weighted by Crippen LogP contribution is 2.42. The smallest absolute Gasteiger partial charge is 0.0443 e. The molecule has 100 valence electrons. The van der Waals surface area contributed by atoms with Crippen LogP contribution in [0.1, 0.15) is 62.3 Å².